The summed E-state index contributed by atoms with van der Waals surface area (Å²) in [6.45, 7) is 1.31. The molecule has 2 aromatic rings. The van der Waals surface area contributed by atoms with Crippen LogP contribution in [0.2, 0.25) is 0 Å². The van der Waals surface area contributed by atoms with Crippen molar-refractivity contribution in [2.75, 3.05) is 34.9 Å². The van der Waals surface area contributed by atoms with Gasteiger partial charge in [-0.05, 0) is 12.5 Å². The smallest absolute Gasteiger partial charge is 0.191 e. The molecule has 8 nitrogen and oxygen atoms in total. The zero-order chi connectivity index (χ0) is 18.9. The first-order valence-electron chi connectivity index (χ1n) is 8.33. The zero-order valence-electron chi connectivity index (χ0n) is 16.0. The molecule has 142 valence electrons. The van der Waals surface area contributed by atoms with Crippen LogP contribution in [0.15, 0.2) is 29.4 Å². The number of aliphatic imine (C=N–C) groups is 1. The number of hydrogen-bond acceptors (Lipinski definition) is 5. The van der Waals surface area contributed by atoms with E-state index >= 15 is 0 Å². The van der Waals surface area contributed by atoms with Gasteiger partial charge in [0.15, 0.2) is 5.96 Å². The Morgan fingerprint density at radius 1 is 1.12 bits per heavy atom. The van der Waals surface area contributed by atoms with Gasteiger partial charge < -0.3 is 24.8 Å². The van der Waals surface area contributed by atoms with Crippen molar-refractivity contribution in [1.29, 1.82) is 0 Å². The number of aryl methyl sites for hydroxylation is 1. The molecule has 0 saturated heterocycles. The zero-order valence-corrected chi connectivity index (χ0v) is 16.0. The van der Waals surface area contributed by atoms with Crippen molar-refractivity contribution in [3.8, 4) is 17.2 Å². The highest BCUT2D eigenvalue weighted by molar-refractivity contribution is 5.79. The van der Waals surface area contributed by atoms with Crippen molar-refractivity contribution >= 4 is 5.96 Å². The van der Waals surface area contributed by atoms with Crippen molar-refractivity contribution < 1.29 is 14.2 Å². The minimum atomic E-state index is 0.644. The lowest BCUT2D eigenvalue weighted by molar-refractivity contribution is 0.368. The molecule has 0 aliphatic heterocycles. The SMILES string of the molecule is CN=C(NCCc1c(OC)cc(OC)cc1OC)NCc1ccnn1C. The molecule has 0 bridgehead atoms. The Hall–Kier alpha value is -2.90. The summed E-state index contributed by atoms with van der Waals surface area (Å²) >= 11 is 0. The monoisotopic (exact) mass is 361 g/mol. The van der Waals surface area contributed by atoms with E-state index in [0.717, 1.165) is 28.7 Å². The van der Waals surface area contributed by atoms with Crippen LogP contribution in [-0.2, 0) is 20.0 Å². The van der Waals surface area contributed by atoms with E-state index < -0.39 is 0 Å². The maximum absolute atomic E-state index is 5.48. The molecule has 1 aromatic heterocycles. The predicted molar refractivity (Wildman–Crippen MR) is 101 cm³/mol. The summed E-state index contributed by atoms with van der Waals surface area (Å²) in [5.74, 6) is 2.89. The molecule has 1 heterocycles. The number of benzene rings is 1. The fourth-order valence-electron chi connectivity index (χ4n) is 2.60. The van der Waals surface area contributed by atoms with Crippen LogP contribution in [0.5, 0.6) is 17.2 Å². The first-order valence-corrected chi connectivity index (χ1v) is 8.33. The molecule has 0 spiro atoms. The Morgan fingerprint density at radius 2 is 1.81 bits per heavy atom. The summed E-state index contributed by atoms with van der Waals surface area (Å²) in [7, 11) is 8.55. The largest absolute Gasteiger partial charge is 0.496 e. The minimum absolute atomic E-state index is 0.644. The molecule has 0 atom stereocenters. The number of ether oxygens (including phenoxy) is 3. The van der Waals surface area contributed by atoms with Crippen LogP contribution in [0, 0.1) is 0 Å². The molecule has 8 heteroatoms. The Labute approximate surface area is 154 Å². The molecular formula is C18H27N5O3. The van der Waals surface area contributed by atoms with Crippen LogP contribution in [-0.4, -0.2) is 50.7 Å². The molecular weight excluding hydrogens is 334 g/mol. The molecule has 0 unspecified atom stereocenters. The third-order valence-corrected chi connectivity index (χ3v) is 4.07. The van der Waals surface area contributed by atoms with Crippen LogP contribution in [0.4, 0.5) is 0 Å². The van der Waals surface area contributed by atoms with Crippen molar-refractivity contribution in [1.82, 2.24) is 20.4 Å². The Balaban J connectivity index is 1.96. The van der Waals surface area contributed by atoms with Gasteiger partial charge in [-0.15, -0.1) is 0 Å². The molecule has 0 radical (unpaired) electrons. The fraction of sp³-hybridized carbons (Fsp3) is 0.444. The van der Waals surface area contributed by atoms with Crippen molar-refractivity contribution in [2.24, 2.45) is 12.0 Å². The predicted octanol–water partition coefficient (Wildman–Crippen LogP) is 1.35. The number of nitrogens with zero attached hydrogens (tertiary/aromatic N) is 3. The second-order valence-corrected chi connectivity index (χ2v) is 5.56. The molecule has 0 saturated carbocycles. The van der Waals surface area contributed by atoms with Crippen molar-refractivity contribution in [2.45, 2.75) is 13.0 Å². The number of guanidine groups is 1. The lowest BCUT2D eigenvalue weighted by Crippen LogP contribution is -2.38. The van der Waals surface area contributed by atoms with Gasteiger partial charge in [-0.1, -0.05) is 0 Å². The molecule has 2 N–H and O–H groups in total. The maximum atomic E-state index is 5.48. The summed E-state index contributed by atoms with van der Waals surface area (Å²) in [4.78, 5) is 4.24. The van der Waals surface area contributed by atoms with Gasteiger partial charge in [0.1, 0.15) is 17.2 Å². The van der Waals surface area contributed by atoms with Gasteiger partial charge in [-0.3, -0.25) is 9.67 Å². The number of rotatable bonds is 8. The van der Waals surface area contributed by atoms with Crippen LogP contribution in [0.25, 0.3) is 0 Å². The Bertz CT molecular complexity index is 717. The van der Waals surface area contributed by atoms with E-state index in [-0.39, 0.29) is 0 Å². The second kappa shape index (κ2) is 9.55. The lowest BCUT2D eigenvalue weighted by Gasteiger charge is -2.16. The van der Waals surface area contributed by atoms with Gasteiger partial charge in [-0.2, -0.15) is 5.10 Å². The third kappa shape index (κ3) is 4.81. The first-order chi connectivity index (χ1) is 12.6. The van der Waals surface area contributed by atoms with E-state index in [1.54, 1.807) is 34.6 Å². The Morgan fingerprint density at radius 3 is 2.31 bits per heavy atom. The topological polar surface area (TPSA) is 81.9 Å². The van der Waals surface area contributed by atoms with E-state index in [9.17, 15) is 0 Å². The van der Waals surface area contributed by atoms with Gasteiger partial charge >= 0.3 is 0 Å². The molecule has 0 fully saturated rings. The summed E-state index contributed by atoms with van der Waals surface area (Å²) in [6.07, 6.45) is 2.48. The molecule has 1 aromatic carbocycles. The molecule has 26 heavy (non-hydrogen) atoms. The average molecular weight is 361 g/mol. The maximum Gasteiger partial charge on any atom is 0.191 e. The summed E-state index contributed by atoms with van der Waals surface area (Å²) < 4.78 is 18.1. The van der Waals surface area contributed by atoms with Gasteiger partial charge in [0.2, 0.25) is 0 Å². The molecule has 0 aliphatic rings. The molecule has 0 amide bonds. The molecule has 2 rings (SSSR count). The fourth-order valence-corrected chi connectivity index (χ4v) is 2.60. The summed E-state index contributed by atoms with van der Waals surface area (Å²) in [6, 6.07) is 5.67. The van der Waals surface area contributed by atoms with Gasteiger partial charge in [0.05, 0.1) is 33.6 Å². The van der Waals surface area contributed by atoms with E-state index in [4.69, 9.17) is 14.2 Å². The quantitative estimate of drug-likeness (QED) is 0.546. The number of hydrogen-bond donors (Lipinski definition) is 2. The van der Waals surface area contributed by atoms with E-state index in [0.29, 0.717) is 25.3 Å². The van der Waals surface area contributed by atoms with Crippen LogP contribution >= 0.6 is 0 Å². The van der Waals surface area contributed by atoms with Gasteiger partial charge in [-0.25, -0.2) is 0 Å². The highest BCUT2D eigenvalue weighted by Crippen LogP contribution is 2.34. The standard InChI is InChI=1S/C18H27N5O3/c1-19-18(21-12-13-6-9-22-23(13)2)20-8-7-15-16(25-4)10-14(24-3)11-17(15)26-5/h6,9-11H,7-8,12H2,1-5H3,(H2,19,20,21). The van der Waals surface area contributed by atoms with Crippen molar-refractivity contribution in [3.05, 3.63) is 35.7 Å². The Kier molecular flexibility index (Phi) is 7.13. The second-order valence-electron chi connectivity index (χ2n) is 5.56. The first kappa shape index (κ1) is 19.4. The van der Waals surface area contributed by atoms with E-state index in [1.807, 2.05) is 29.9 Å². The minimum Gasteiger partial charge on any atom is -0.496 e. The summed E-state index contributed by atoms with van der Waals surface area (Å²) in [5, 5.41) is 10.7. The van der Waals surface area contributed by atoms with E-state index in [1.165, 1.54) is 0 Å². The normalized spacial score (nSPS) is 11.2. The third-order valence-electron chi connectivity index (χ3n) is 4.07. The van der Waals surface area contributed by atoms with Gasteiger partial charge in [0.25, 0.3) is 0 Å². The van der Waals surface area contributed by atoms with Crippen LogP contribution in [0.3, 0.4) is 0 Å². The van der Waals surface area contributed by atoms with Gasteiger partial charge in [0, 0.05) is 44.5 Å². The number of methoxy groups -OCH3 is 3. The van der Waals surface area contributed by atoms with E-state index in [2.05, 4.69) is 20.7 Å². The number of aromatic nitrogens is 2. The van der Waals surface area contributed by atoms with Crippen molar-refractivity contribution in [3.63, 3.8) is 0 Å². The van der Waals surface area contributed by atoms with Crippen LogP contribution < -0.4 is 24.8 Å². The summed E-state index contributed by atoms with van der Waals surface area (Å²) in [5.41, 5.74) is 2.05. The average Bonchev–Trinajstić information content (AvgIpc) is 3.08. The lowest BCUT2D eigenvalue weighted by atomic mass is 10.1. The van der Waals surface area contributed by atoms with Crippen LogP contribution in [0.1, 0.15) is 11.3 Å². The highest BCUT2D eigenvalue weighted by atomic mass is 16.5. The number of nitrogens with one attached hydrogen (secondary N) is 2. The molecule has 0 aliphatic carbocycles. The highest BCUT2D eigenvalue weighted by Gasteiger charge is 2.13.